The van der Waals surface area contributed by atoms with Crippen molar-refractivity contribution in [1.29, 1.82) is 0 Å². The minimum Gasteiger partial charge on any atom is -0.304 e. The SMILES string of the molecule is [2H]c1nc(C([2H])([2H])[2H])n(-c2c([2H])c([2H])c([2H])c(Br)c2[2H])c1[2H]. The Morgan fingerprint density at radius 3 is 3.38 bits per heavy atom. The molecule has 0 radical (unpaired) electrons. The molecule has 1 aromatic heterocycles. The topological polar surface area (TPSA) is 17.8 Å². The van der Waals surface area contributed by atoms with Crippen LogP contribution < -0.4 is 0 Å². The molecule has 0 aliphatic heterocycles. The molecule has 1 aromatic carbocycles. The van der Waals surface area contributed by atoms with Crippen molar-refractivity contribution in [3.63, 3.8) is 0 Å². The third-order valence-electron chi connectivity index (χ3n) is 1.34. The van der Waals surface area contributed by atoms with Crippen molar-refractivity contribution in [1.82, 2.24) is 9.55 Å². The second-order valence-corrected chi connectivity index (χ2v) is 2.95. The predicted molar refractivity (Wildman–Crippen MR) is 56.0 cm³/mol. The Balaban J connectivity index is 2.96. The Bertz CT molecular complexity index is 736. The van der Waals surface area contributed by atoms with Crippen molar-refractivity contribution in [3.8, 4) is 5.69 Å². The van der Waals surface area contributed by atoms with Gasteiger partial charge in [0.15, 0.2) is 0 Å². The van der Waals surface area contributed by atoms with Crippen LogP contribution in [0.15, 0.2) is 41.0 Å². The van der Waals surface area contributed by atoms with Crippen molar-refractivity contribution in [2.24, 2.45) is 0 Å². The van der Waals surface area contributed by atoms with Crippen LogP contribution in [0.25, 0.3) is 5.69 Å². The molecule has 0 saturated carbocycles. The molecule has 0 bridgehead atoms. The van der Waals surface area contributed by atoms with Gasteiger partial charge >= 0.3 is 0 Å². The Morgan fingerprint density at radius 1 is 1.62 bits per heavy atom. The van der Waals surface area contributed by atoms with Gasteiger partial charge in [0.25, 0.3) is 0 Å². The van der Waals surface area contributed by atoms with E-state index in [4.69, 9.17) is 12.3 Å². The van der Waals surface area contributed by atoms with Crippen molar-refractivity contribution >= 4 is 15.9 Å². The Morgan fingerprint density at radius 2 is 2.54 bits per heavy atom. The quantitative estimate of drug-likeness (QED) is 0.756. The van der Waals surface area contributed by atoms with E-state index >= 15 is 0 Å². The molecule has 0 unspecified atom stereocenters. The maximum absolute atomic E-state index is 7.97. The van der Waals surface area contributed by atoms with E-state index in [0.717, 1.165) is 0 Å². The largest absolute Gasteiger partial charge is 0.304 e. The van der Waals surface area contributed by atoms with E-state index in [-0.39, 0.29) is 16.2 Å². The summed E-state index contributed by atoms with van der Waals surface area (Å²) in [6.45, 7) is -2.76. The second-order valence-electron chi connectivity index (χ2n) is 2.16. The molecule has 2 nitrogen and oxygen atoms in total. The van der Waals surface area contributed by atoms with E-state index in [1.54, 1.807) is 0 Å². The third kappa shape index (κ3) is 1.65. The molecule has 2 aromatic rings. The minimum atomic E-state index is -2.76. The summed E-state index contributed by atoms with van der Waals surface area (Å²) in [6.07, 6.45) is -1.21. The zero-order chi connectivity index (χ0) is 17.0. The summed E-state index contributed by atoms with van der Waals surface area (Å²) in [5.41, 5.74) is -0.366. The number of nitrogens with zero attached hydrogens (tertiary/aromatic N) is 2. The highest BCUT2D eigenvalue weighted by Crippen LogP contribution is 2.16. The molecule has 0 amide bonds. The smallest absolute Gasteiger partial charge is 0.110 e. The molecule has 0 aliphatic carbocycles. The number of aryl methyl sites for hydroxylation is 1. The number of hydrogen-bond donors (Lipinski definition) is 0. The van der Waals surface area contributed by atoms with Gasteiger partial charge in [-0.2, -0.15) is 0 Å². The Hall–Kier alpha value is -1.09. The van der Waals surface area contributed by atoms with E-state index in [0.29, 0.717) is 4.57 Å². The molecule has 0 N–H and O–H groups in total. The first-order chi connectivity index (χ1) is 9.98. The van der Waals surface area contributed by atoms with E-state index in [9.17, 15) is 0 Å². The summed E-state index contributed by atoms with van der Waals surface area (Å²) in [4.78, 5) is 3.51. The van der Waals surface area contributed by atoms with E-state index in [1.165, 1.54) is 0 Å². The molecule has 13 heavy (non-hydrogen) atoms. The van der Waals surface area contributed by atoms with Crippen LogP contribution in [0.5, 0.6) is 0 Å². The molecular weight excluding hydrogens is 228 g/mol. The molecule has 2 rings (SSSR count). The average molecular weight is 246 g/mol. The van der Waals surface area contributed by atoms with E-state index in [1.807, 2.05) is 0 Å². The highest BCUT2D eigenvalue weighted by atomic mass is 79.9. The lowest BCUT2D eigenvalue weighted by molar-refractivity contribution is 0.974. The van der Waals surface area contributed by atoms with Crippen LogP contribution in [-0.2, 0) is 0 Å². The molecule has 0 spiro atoms. The Kier molecular flexibility index (Phi) is 0.759. The van der Waals surface area contributed by atoms with Gasteiger partial charge in [-0.3, -0.25) is 0 Å². The van der Waals surface area contributed by atoms with Crippen LogP contribution in [0, 0.1) is 6.85 Å². The van der Waals surface area contributed by atoms with Crippen LogP contribution >= 0.6 is 15.9 Å². The third-order valence-corrected chi connectivity index (χ3v) is 1.74. The molecular formula is C10H9BrN2. The fourth-order valence-corrected chi connectivity index (χ4v) is 1.10. The monoisotopic (exact) mass is 245 g/mol. The Labute approximate surface area is 98.0 Å². The second kappa shape index (κ2) is 3.34. The first-order valence-corrected chi connectivity index (χ1v) is 4.10. The number of hydrogen-bond acceptors (Lipinski definition) is 1. The first kappa shape index (κ1) is 2.95. The zero-order valence-electron chi connectivity index (χ0n) is 15.3. The highest BCUT2D eigenvalue weighted by Gasteiger charge is 1.99. The van der Waals surface area contributed by atoms with Crippen molar-refractivity contribution in [2.45, 2.75) is 6.85 Å². The summed E-state index contributed by atoms with van der Waals surface area (Å²) in [5.74, 6) is -0.631. The molecule has 3 heteroatoms. The van der Waals surface area contributed by atoms with Gasteiger partial charge in [0, 0.05) is 26.6 Å². The van der Waals surface area contributed by atoms with Crippen LogP contribution in [0.2, 0.25) is 0 Å². The summed E-state index contributed by atoms with van der Waals surface area (Å²) >= 11 is 2.96. The van der Waals surface area contributed by atoms with Gasteiger partial charge in [-0.15, -0.1) is 0 Å². The number of benzene rings is 1. The average Bonchev–Trinajstić information content (AvgIpc) is 2.72. The first-order valence-electron chi connectivity index (χ1n) is 7.81. The van der Waals surface area contributed by atoms with Gasteiger partial charge in [-0.1, -0.05) is 22.0 Å². The fourth-order valence-electron chi connectivity index (χ4n) is 0.816. The molecule has 1 heterocycles. The predicted octanol–water partition coefficient (Wildman–Crippen LogP) is 2.94. The maximum Gasteiger partial charge on any atom is 0.110 e. The number of aromatic nitrogens is 2. The summed E-state index contributed by atoms with van der Waals surface area (Å²) in [7, 11) is 0. The van der Waals surface area contributed by atoms with Gasteiger partial charge in [0.2, 0.25) is 0 Å². The van der Waals surface area contributed by atoms with Gasteiger partial charge in [0.05, 0.1) is 8.22 Å². The lowest BCUT2D eigenvalue weighted by atomic mass is 10.3. The fraction of sp³-hybridized carbons (Fsp3) is 0.100. The van der Waals surface area contributed by atoms with E-state index in [2.05, 4.69) is 20.9 Å². The van der Waals surface area contributed by atoms with Crippen LogP contribution in [-0.4, -0.2) is 9.55 Å². The molecule has 66 valence electrons. The van der Waals surface area contributed by atoms with Crippen molar-refractivity contribution < 1.29 is 12.3 Å². The number of halogens is 1. The summed E-state index contributed by atoms with van der Waals surface area (Å²) in [6, 6.07) is -1.89. The van der Waals surface area contributed by atoms with Crippen molar-refractivity contribution in [2.75, 3.05) is 0 Å². The summed E-state index contributed by atoms with van der Waals surface area (Å²) in [5, 5.41) is 0. The van der Waals surface area contributed by atoms with Gasteiger partial charge in [-0.05, 0) is 25.0 Å². The lowest BCUT2D eigenvalue weighted by Crippen LogP contribution is -1.94. The van der Waals surface area contributed by atoms with Gasteiger partial charge in [-0.25, -0.2) is 4.98 Å². The van der Waals surface area contributed by atoms with E-state index < -0.39 is 43.1 Å². The highest BCUT2D eigenvalue weighted by molar-refractivity contribution is 9.10. The zero-order valence-corrected chi connectivity index (χ0v) is 7.86. The molecule has 0 atom stereocenters. The molecule has 0 saturated heterocycles. The van der Waals surface area contributed by atoms with Crippen LogP contribution in [0.4, 0.5) is 0 Å². The standard InChI is InChI=1S/C10H9BrN2/c1-8-12-5-6-13(8)10-4-2-3-9(11)7-10/h2-7H,1H3/i1D3,2D,3D,4D,5D,6D,7D. The molecule has 0 aliphatic rings. The number of rotatable bonds is 1. The van der Waals surface area contributed by atoms with Gasteiger partial charge < -0.3 is 4.57 Å². The van der Waals surface area contributed by atoms with Crippen LogP contribution in [0.3, 0.4) is 0 Å². The lowest BCUT2D eigenvalue weighted by Gasteiger charge is -2.04. The van der Waals surface area contributed by atoms with Gasteiger partial charge in [0.1, 0.15) is 5.82 Å². The minimum absolute atomic E-state index is 0.0976. The summed E-state index contributed by atoms with van der Waals surface area (Å²) < 4.78 is 69.4. The number of imidazole rings is 1. The van der Waals surface area contributed by atoms with Crippen LogP contribution in [0.1, 0.15) is 18.2 Å². The molecule has 0 fully saturated rings. The maximum atomic E-state index is 7.97. The normalized spacial score (nSPS) is 21.2. The van der Waals surface area contributed by atoms with Crippen molar-refractivity contribution in [3.05, 3.63) is 46.8 Å².